The summed E-state index contributed by atoms with van der Waals surface area (Å²) in [6, 6.07) is 5.66. The molecule has 0 amide bonds. The minimum atomic E-state index is -3.62. The second kappa shape index (κ2) is 7.59. The molecule has 1 aromatic carbocycles. The predicted octanol–water partition coefficient (Wildman–Crippen LogP) is 1.33. The van der Waals surface area contributed by atoms with Gasteiger partial charge in [0.2, 0.25) is 10.0 Å². The molecule has 0 saturated carbocycles. The molecule has 0 aliphatic carbocycles. The van der Waals surface area contributed by atoms with E-state index in [9.17, 15) is 13.2 Å². The van der Waals surface area contributed by atoms with Crippen molar-refractivity contribution in [3.8, 4) is 0 Å². The second-order valence-corrected chi connectivity index (χ2v) is 5.78. The summed E-state index contributed by atoms with van der Waals surface area (Å²) in [6.45, 7) is 3.63. The Morgan fingerprint density at radius 2 is 2.05 bits per heavy atom. The first kappa shape index (κ1) is 18.0. The molecule has 1 atom stereocenters. The third kappa shape index (κ3) is 4.91. The number of sulfonamides is 1. The molecule has 0 aliphatic rings. The number of carbonyl (C=O) groups is 1. The SMILES string of the molecule is CCC(=O)c1cccc(S(=O)(=O)N[C@@H](C)CN)c1.Cl. The lowest BCUT2D eigenvalue weighted by atomic mass is 10.1. The van der Waals surface area contributed by atoms with Gasteiger partial charge < -0.3 is 5.73 Å². The quantitative estimate of drug-likeness (QED) is 0.776. The molecule has 0 heterocycles. The van der Waals surface area contributed by atoms with E-state index in [1.54, 1.807) is 26.0 Å². The van der Waals surface area contributed by atoms with Crippen LogP contribution in [0.1, 0.15) is 30.6 Å². The van der Waals surface area contributed by atoms with E-state index in [0.29, 0.717) is 12.0 Å². The highest BCUT2D eigenvalue weighted by Crippen LogP contribution is 2.13. The number of nitrogens with two attached hydrogens (primary N) is 1. The van der Waals surface area contributed by atoms with E-state index in [-0.39, 0.29) is 35.7 Å². The molecular formula is C12H19ClN2O3S. The summed E-state index contributed by atoms with van der Waals surface area (Å²) in [4.78, 5) is 11.6. The fourth-order valence-corrected chi connectivity index (χ4v) is 2.72. The normalized spacial score (nSPS) is 12.6. The maximum Gasteiger partial charge on any atom is 0.240 e. The van der Waals surface area contributed by atoms with Crippen molar-refractivity contribution in [2.24, 2.45) is 5.73 Å². The molecule has 0 unspecified atom stereocenters. The summed E-state index contributed by atoms with van der Waals surface area (Å²) in [5, 5.41) is 0. The van der Waals surface area contributed by atoms with Gasteiger partial charge >= 0.3 is 0 Å². The van der Waals surface area contributed by atoms with Crippen LogP contribution in [0, 0.1) is 0 Å². The van der Waals surface area contributed by atoms with Crippen LogP contribution in [0.25, 0.3) is 0 Å². The zero-order chi connectivity index (χ0) is 13.8. The molecule has 0 aliphatic heterocycles. The average molecular weight is 307 g/mol. The number of hydrogen-bond donors (Lipinski definition) is 2. The standard InChI is InChI=1S/C12H18N2O3S.ClH/c1-3-12(15)10-5-4-6-11(7-10)18(16,17)14-9(2)8-13;/h4-7,9,14H,3,8,13H2,1-2H3;1H/t9-;/m0./s1. The first-order valence-electron chi connectivity index (χ1n) is 5.76. The minimum absolute atomic E-state index is 0. The molecular weight excluding hydrogens is 288 g/mol. The highest BCUT2D eigenvalue weighted by molar-refractivity contribution is 7.89. The summed E-state index contributed by atoms with van der Waals surface area (Å²) in [6.07, 6.45) is 0.343. The Morgan fingerprint density at radius 3 is 2.58 bits per heavy atom. The molecule has 1 rings (SSSR count). The van der Waals surface area contributed by atoms with E-state index in [4.69, 9.17) is 5.73 Å². The molecule has 7 heteroatoms. The van der Waals surface area contributed by atoms with Crippen LogP contribution in [-0.4, -0.2) is 26.8 Å². The summed E-state index contributed by atoms with van der Waals surface area (Å²) < 4.78 is 26.4. The number of ketones is 1. The molecule has 3 N–H and O–H groups in total. The van der Waals surface area contributed by atoms with Crippen LogP contribution in [0.5, 0.6) is 0 Å². The smallest absolute Gasteiger partial charge is 0.240 e. The number of carbonyl (C=O) groups excluding carboxylic acids is 1. The third-order valence-electron chi connectivity index (χ3n) is 2.50. The molecule has 0 bridgehead atoms. The first-order chi connectivity index (χ1) is 8.40. The summed E-state index contributed by atoms with van der Waals surface area (Å²) in [5.74, 6) is -0.0843. The molecule has 19 heavy (non-hydrogen) atoms. The van der Waals surface area contributed by atoms with Crippen molar-refractivity contribution in [1.29, 1.82) is 0 Å². The Labute approximate surface area is 120 Å². The van der Waals surface area contributed by atoms with E-state index in [1.165, 1.54) is 12.1 Å². The lowest BCUT2D eigenvalue weighted by Gasteiger charge is -2.12. The van der Waals surface area contributed by atoms with Crippen molar-refractivity contribution in [3.63, 3.8) is 0 Å². The zero-order valence-electron chi connectivity index (χ0n) is 10.9. The van der Waals surface area contributed by atoms with Gasteiger partial charge in [-0.3, -0.25) is 4.79 Å². The van der Waals surface area contributed by atoms with Gasteiger partial charge in [0, 0.05) is 24.6 Å². The monoisotopic (exact) mass is 306 g/mol. The fraction of sp³-hybridized carbons (Fsp3) is 0.417. The predicted molar refractivity (Wildman–Crippen MR) is 77.1 cm³/mol. The van der Waals surface area contributed by atoms with Gasteiger partial charge in [-0.15, -0.1) is 12.4 Å². The second-order valence-electron chi connectivity index (χ2n) is 4.06. The van der Waals surface area contributed by atoms with E-state index < -0.39 is 10.0 Å². The Bertz CT molecular complexity index is 532. The molecule has 0 fully saturated rings. The van der Waals surface area contributed by atoms with Crippen molar-refractivity contribution in [2.75, 3.05) is 6.54 Å². The molecule has 0 radical (unpaired) electrons. The highest BCUT2D eigenvalue weighted by atomic mass is 35.5. The maximum absolute atomic E-state index is 12.0. The Hall–Kier alpha value is -0.950. The Balaban J connectivity index is 0.00000324. The van der Waals surface area contributed by atoms with Crippen LogP contribution in [0.15, 0.2) is 29.2 Å². The van der Waals surface area contributed by atoms with Crippen molar-refractivity contribution < 1.29 is 13.2 Å². The van der Waals surface area contributed by atoms with Gasteiger partial charge in [-0.1, -0.05) is 19.1 Å². The average Bonchev–Trinajstić information content (AvgIpc) is 2.37. The van der Waals surface area contributed by atoms with Gasteiger partial charge in [0.15, 0.2) is 5.78 Å². The highest BCUT2D eigenvalue weighted by Gasteiger charge is 2.17. The molecule has 0 spiro atoms. The van der Waals surface area contributed by atoms with Gasteiger partial charge in [-0.25, -0.2) is 13.1 Å². The van der Waals surface area contributed by atoms with Gasteiger partial charge in [-0.2, -0.15) is 0 Å². The number of Topliss-reactive ketones (excluding diaryl/α,β-unsaturated/α-hetero) is 1. The number of rotatable bonds is 6. The van der Waals surface area contributed by atoms with Crippen molar-refractivity contribution in [1.82, 2.24) is 4.72 Å². The van der Waals surface area contributed by atoms with Gasteiger partial charge in [0.1, 0.15) is 0 Å². The first-order valence-corrected chi connectivity index (χ1v) is 7.24. The van der Waals surface area contributed by atoms with Crippen LogP contribution in [0.3, 0.4) is 0 Å². The lowest BCUT2D eigenvalue weighted by molar-refractivity contribution is 0.0988. The zero-order valence-corrected chi connectivity index (χ0v) is 12.6. The van der Waals surface area contributed by atoms with Crippen LogP contribution in [0.4, 0.5) is 0 Å². The van der Waals surface area contributed by atoms with Crippen LogP contribution in [-0.2, 0) is 10.0 Å². The molecule has 0 aromatic heterocycles. The van der Waals surface area contributed by atoms with E-state index in [0.717, 1.165) is 0 Å². The minimum Gasteiger partial charge on any atom is -0.329 e. The number of benzene rings is 1. The van der Waals surface area contributed by atoms with E-state index >= 15 is 0 Å². The fourth-order valence-electron chi connectivity index (χ4n) is 1.42. The molecule has 1 aromatic rings. The van der Waals surface area contributed by atoms with E-state index in [1.807, 2.05) is 0 Å². The van der Waals surface area contributed by atoms with Gasteiger partial charge in [-0.05, 0) is 19.1 Å². The van der Waals surface area contributed by atoms with E-state index in [2.05, 4.69) is 4.72 Å². The topological polar surface area (TPSA) is 89.3 Å². The lowest BCUT2D eigenvalue weighted by Crippen LogP contribution is -2.37. The molecule has 0 saturated heterocycles. The van der Waals surface area contributed by atoms with Crippen LogP contribution < -0.4 is 10.5 Å². The molecule has 5 nitrogen and oxygen atoms in total. The number of halogens is 1. The van der Waals surface area contributed by atoms with Crippen molar-refractivity contribution in [2.45, 2.75) is 31.2 Å². The Kier molecular flexibility index (Phi) is 7.21. The number of hydrogen-bond acceptors (Lipinski definition) is 4. The number of nitrogens with one attached hydrogen (secondary N) is 1. The van der Waals surface area contributed by atoms with Crippen LogP contribution in [0.2, 0.25) is 0 Å². The molecule has 108 valence electrons. The van der Waals surface area contributed by atoms with Gasteiger partial charge in [0.05, 0.1) is 4.90 Å². The summed E-state index contributed by atoms with van der Waals surface area (Å²) >= 11 is 0. The van der Waals surface area contributed by atoms with Crippen LogP contribution >= 0.6 is 12.4 Å². The third-order valence-corrected chi connectivity index (χ3v) is 4.08. The summed E-state index contributed by atoms with van der Waals surface area (Å²) in [5.41, 5.74) is 5.78. The largest absolute Gasteiger partial charge is 0.329 e. The Morgan fingerprint density at radius 1 is 1.42 bits per heavy atom. The van der Waals surface area contributed by atoms with Crippen molar-refractivity contribution >= 4 is 28.2 Å². The van der Waals surface area contributed by atoms with Crippen molar-refractivity contribution in [3.05, 3.63) is 29.8 Å². The summed E-state index contributed by atoms with van der Waals surface area (Å²) in [7, 11) is -3.62. The maximum atomic E-state index is 12.0. The van der Waals surface area contributed by atoms with Gasteiger partial charge in [0.25, 0.3) is 0 Å².